The standard InChI is InChI=1S/C11H23N/c1-5-8-10(4)11(7-3)12-9-6-2/h5,8,10-12H,6-7,9H2,1-4H3/b8-5+. The van der Waals surface area contributed by atoms with Crippen molar-refractivity contribution in [2.75, 3.05) is 6.54 Å². The minimum absolute atomic E-state index is 0.654. The highest BCUT2D eigenvalue weighted by molar-refractivity contribution is 4.89. The maximum absolute atomic E-state index is 3.55. The fourth-order valence-electron chi connectivity index (χ4n) is 1.47. The lowest BCUT2D eigenvalue weighted by molar-refractivity contribution is 0.418. The summed E-state index contributed by atoms with van der Waals surface area (Å²) in [7, 11) is 0. The summed E-state index contributed by atoms with van der Waals surface area (Å²) in [5.74, 6) is 0.659. The second-order valence-electron chi connectivity index (χ2n) is 3.35. The van der Waals surface area contributed by atoms with E-state index in [9.17, 15) is 0 Å². The van der Waals surface area contributed by atoms with E-state index < -0.39 is 0 Å². The van der Waals surface area contributed by atoms with Crippen molar-refractivity contribution in [2.45, 2.75) is 46.6 Å². The van der Waals surface area contributed by atoms with Crippen molar-refractivity contribution in [1.29, 1.82) is 0 Å². The molecule has 0 aromatic rings. The Kier molecular flexibility index (Phi) is 7.17. The topological polar surface area (TPSA) is 12.0 Å². The molecule has 0 saturated heterocycles. The zero-order chi connectivity index (χ0) is 9.40. The van der Waals surface area contributed by atoms with E-state index in [1.807, 2.05) is 0 Å². The summed E-state index contributed by atoms with van der Waals surface area (Å²) in [6, 6.07) is 0.654. The molecule has 0 rings (SSSR count). The van der Waals surface area contributed by atoms with Crippen molar-refractivity contribution >= 4 is 0 Å². The van der Waals surface area contributed by atoms with Crippen LogP contribution in [0.2, 0.25) is 0 Å². The summed E-state index contributed by atoms with van der Waals surface area (Å²) in [6.45, 7) is 9.95. The molecule has 12 heavy (non-hydrogen) atoms. The molecule has 0 spiro atoms. The van der Waals surface area contributed by atoms with Crippen LogP contribution >= 0.6 is 0 Å². The summed E-state index contributed by atoms with van der Waals surface area (Å²) in [6.07, 6.45) is 6.85. The average Bonchev–Trinajstić information content (AvgIpc) is 2.06. The quantitative estimate of drug-likeness (QED) is 0.603. The number of allylic oxidation sites excluding steroid dienone is 1. The lowest BCUT2D eigenvalue weighted by atomic mass is 9.99. The van der Waals surface area contributed by atoms with Gasteiger partial charge in [-0.15, -0.1) is 0 Å². The Hall–Kier alpha value is -0.300. The van der Waals surface area contributed by atoms with Crippen LogP contribution in [0.25, 0.3) is 0 Å². The maximum Gasteiger partial charge on any atom is 0.0125 e. The molecule has 0 aromatic carbocycles. The first-order chi connectivity index (χ1) is 5.76. The van der Waals surface area contributed by atoms with Crippen LogP contribution in [-0.4, -0.2) is 12.6 Å². The molecule has 2 atom stereocenters. The van der Waals surface area contributed by atoms with E-state index in [1.165, 1.54) is 12.8 Å². The third-order valence-electron chi connectivity index (χ3n) is 2.23. The Morgan fingerprint density at radius 3 is 2.42 bits per heavy atom. The zero-order valence-corrected chi connectivity index (χ0v) is 8.93. The fourth-order valence-corrected chi connectivity index (χ4v) is 1.47. The predicted octanol–water partition coefficient (Wildman–Crippen LogP) is 2.98. The van der Waals surface area contributed by atoms with Crippen molar-refractivity contribution in [2.24, 2.45) is 5.92 Å². The highest BCUT2D eigenvalue weighted by Crippen LogP contribution is 2.08. The van der Waals surface area contributed by atoms with Crippen molar-refractivity contribution < 1.29 is 0 Å². The maximum atomic E-state index is 3.55. The van der Waals surface area contributed by atoms with E-state index in [0.29, 0.717) is 12.0 Å². The molecule has 1 N–H and O–H groups in total. The van der Waals surface area contributed by atoms with Gasteiger partial charge in [0.25, 0.3) is 0 Å². The molecule has 0 fully saturated rings. The summed E-state index contributed by atoms with van der Waals surface area (Å²) < 4.78 is 0. The molecule has 0 radical (unpaired) electrons. The van der Waals surface area contributed by atoms with Gasteiger partial charge in [0, 0.05) is 6.04 Å². The summed E-state index contributed by atoms with van der Waals surface area (Å²) in [5, 5.41) is 3.55. The van der Waals surface area contributed by atoms with Crippen LogP contribution in [0.5, 0.6) is 0 Å². The van der Waals surface area contributed by atoms with Gasteiger partial charge < -0.3 is 5.32 Å². The Morgan fingerprint density at radius 1 is 1.33 bits per heavy atom. The molecule has 0 aliphatic rings. The molecule has 0 saturated carbocycles. The third-order valence-corrected chi connectivity index (χ3v) is 2.23. The minimum atomic E-state index is 0.654. The van der Waals surface area contributed by atoms with E-state index in [-0.39, 0.29) is 0 Å². The van der Waals surface area contributed by atoms with Crippen molar-refractivity contribution in [3.63, 3.8) is 0 Å². The van der Waals surface area contributed by atoms with Gasteiger partial charge in [-0.3, -0.25) is 0 Å². The predicted molar refractivity (Wildman–Crippen MR) is 56.4 cm³/mol. The summed E-state index contributed by atoms with van der Waals surface area (Å²) in [4.78, 5) is 0. The highest BCUT2D eigenvalue weighted by Gasteiger charge is 2.10. The Morgan fingerprint density at radius 2 is 2.00 bits per heavy atom. The first-order valence-corrected chi connectivity index (χ1v) is 5.12. The lowest BCUT2D eigenvalue weighted by Crippen LogP contribution is -2.34. The van der Waals surface area contributed by atoms with Gasteiger partial charge in [0.15, 0.2) is 0 Å². The van der Waals surface area contributed by atoms with Crippen LogP contribution < -0.4 is 5.32 Å². The average molecular weight is 169 g/mol. The Bertz CT molecular complexity index is 118. The van der Waals surface area contributed by atoms with Crippen LogP contribution in [0.1, 0.15) is 40.5 Å². The van der Waals surface area contributed by atoms with Gasteiger partial charge in [0.05, 0.1) is 0 Å². The summed E-state index contributed by atoms with van der Waals surface area (Å²) >= 11 is 0. The normalized spacial score (nSPS) is 16.7. The van der Waals surface area contributed by atoms with Gasteiger partial charge in [-0.1, -0.05) is 32.9 Å². The smallest absolute Gasteiger partial charge is 0.0125 e. The Labute approximate surface area is 77.2 Å². The fraction of sp³-hybridized carbons (Fsp3) is 0.818. The first kappa shape index (κ1) is 11.7. The van der Waals surface area contributed by atoms with Gasteiger partial charge in [-0.25, -0.2) is 0 Å². The van der Waals surface area contributed by atoms with E-state index in [1.54, 1.807) is 0 Å². The molecule has 1 heteroatoms. The molecular weight excluding hydrogens is 146 g/mol. The van der Waals surface area contributed by atoms with Crippen LogP contribution in [0.3, 0.4) is 0 Å². The van der Waals surface area contributed by atoms with E-state index in [2.05, 4.69) is 45.2 Å². The number of rotatable bonds is 6. The SMILES string of the molecule is C/C=C/C(C)C(CC)NCCC. The van der Waals surface area contributed by atoms with Gasteiger partial charge >= 0.3 is 0 Å². The van der Waals surface area contributed by atoms with Gasteiger partial charge in [0.1, 0.15) is 0 Å². The van der Waals surface area contributed by atoms with Crippen LogP contribution in [0, 0.1) is 5.92 Å². The van der Waals surface area contributed by atoms with Gasteiger partial charge in [0.2, 0.25) is 0 Å². The molecule has 0 aliphatic carbocycles. The second kappa shape index (κ2) is 7.35. The van der Waals surface area contributed by atoms with Crippen LogP contribution in [0.4, 0.5) is 0 Å². The largest absolute Gasteiger partial charge is 0.313 e. The molecule has 0 aliphatic heterocycles. The van der Waals surface area contributed by atoms with E-state index >= 15 is 0 Å². The van der Waals surface area contributed by atoms with E-state index in [4.69, 9.17) is 0 Å². The molecule has 0 bridgehead atoms. The molecule has 2 unspecified atom stereocenters. The van der Waals surface area contributed by atoms with Crippen molar-refractivity contribution in [3.8, 4) is 0 Å². The molecular formula is C11H23N. The molecule has 0 aromatic heterocycles. The number of hydrogen-bond acceptors (Lipinski definition) is 1. The third kappa shape index (κ3) is 4.55. The highest BCUT2D eigenvalue weighted by atomic mass is 14.9. The van der Waals surface area contributed by atoms with Crippen molar-refractivity contribution in [3.05, 3.63) is 12.2 Å². The molecule has 0 amide bonds. The van der Waals surface area contributed by atoms with Crippen molar-refractivity contribution in [1.82, 2.24) is 5.32 Å². The molecule has 72 valence electrons. The molecule has 0 heterocycles. The summed E-state index contributed by atoms with van der Waals surface area (Å²) in [5.41, 5.74) is 0. The lowest BCUT2D eigenvalue weighted by Gasteiger charge is -2.21. The zero-order valence-electron chi connectivity index (χ0n) is 8.93. The van der Waals surface area contributed by atoms with E-state index in [0.717, 1.165) is 6.54 Å². The van der Waals surface area contributed by atoms with Crippen LogP contribution in [-0.2, 0) is 0 Å². The monoisotopic (exact) mass is 169 g/mol. The van der Waals surface area contributed by atoms with Crippen LogP contribution in [0.15, 0.2) is 12.2 Å². The number of hydrogen-bond donors (Lipinski definition) is 1. The second-order valence-corrected chi connectivity index (χ2v) is 3.35. The minimum Gasteiger partial charge on any atom is -0.313 e. The van der Waals surface area contributed by atoms with Gasteiger partial charge in [-0.05, 0) is 32.2 Å². The number of nitrogens with one attached hydrogen (secondary N) is 1. The first-order valence-electron chi connectivity index (χ1n) is 5.12. The molecule has 1 nitrogen and oxygen atoms in total. The van der Waals surface area contributed by atoms with Gasteiger partial charge in [-0.2, -0.15) is 0 Å². The Balaban J connectivity index is 3.78.